The molecule has 1 heterocycles. The van der Waals surface area contributed by atoms with Crippen molar-refractivity contribution in [1.29, 1.82) is 0 Å². The maximum absolute atomic E-state index is 13.1. The van der Waals surface area contributed by atoms with Gasteiger partial charge in [-0.05, 0) is 30.2 Å². The van der Waals surface area contributed by atoms with Crippen LogP contribution in [0, 0.1) is 0 Å². The zero-order chi connectivity index (χ0) is 26.1. The molecule has 0 aliphatic heterocycles. The van der Waals surface area contributed by atoms with E-state index in [2.05, 4.69) is 5.32 Å². The van der Waals surface area contributed by atoms with Crippen LogP contribution in [-0.4, -0.2) is 53.3 Å². The van der Waals surface area contributed by atoms with Gasteiger partial charge in [-0.15, -0.1) is 0 Å². The second-order valence-electron chi connectivity index (χ2n) is 9.43. The molecule has 8 heteroatoms. The number of hydrogen-bond acceptors (Lipinski definition) is 4. The minimum Gasteiger partial charge on any atom is -0.385 e. The Bertz CT molecular complexity index is 1200. The molecule has 0 unspecified atom stereocenters. The molecule has 3 rings (SSSR count). The first-order valence-electron chi connectivity index (χ1n) is 11.9. The molecule has 0 aliphatic carbocycles. The van der Waals surface area contributed by atoms with E-state index in [1.54, 1.807) is 23.9 Å². The van der Waals surface area contributed by atoms with E-state index in [0.29, 0.717) is 36.1 Å². The van der Waals surface area contributed by atoms with Crippen molar-refractivity contribution in [2.75, 3.05) is 32.1 Å². The first-order valence-corrected chi connectivity index (χ1v) is 12.2. The maximum atomic E-state index is 13.1. The Hall–Kier alpha value is -3.42. The number of aromatic nitrogens is 2. The van der Waals surface area contributed by atoms with Gasteiger partial charge in [0.05, 0.1) is 16.4 Å². The molecule has 2 aromatic carbocycles. The fourth-order valence-electron chi connectivity index (χ4n) is 3.50. The van der Waals surface area contributed by atoms with Crippen molar-refractivity contribution in [3.05, 3.63) is 83.0 Å². The van der Waals surface area contributed by atoms with Crippen LogP contribution in [0.25, 0.3) is 11.8 Å². The molecule has 0 saturated carbocycles. The predicted molar refractivity (Wildman–Crippen MR) is 144 cm³/mol. The van der Waals surface area contributed by atoms with Crippen LogP contribution in [-0.2, 0) is 19.7 Å². The summed E-state index contributed by atoms with van der Waals surface area (Å²) in [4.78, 5) is 27.6. The summed E-state index contributed by atoms with van der Waals surface area (Å²) < 4.78 is 6.76. The molecule has 36 heavy (non-hydrogen) atoms. The molecule has 0 aliphatic rings. The van der Waals surface area contributed by atoms with Gasteiger partial charge >= 0.3 is 0 Å². The highest BCUT2D eigenvalue weighted by atomic mass is 35.5. The molecular formula is C28H33ClN4O3. The number of nitrogens with zero attached hydrogens (tertiary/aromatic N) is 3. The lowest BCUT2D eigenvalue weighted by molar-refractivity contribution is -0.130. The third-order valence-corrected chi connectivity index (χ3v) is 5.79. The smallest absolute Gasteiger partial charge is 0.247 e. The Morgan fingerprint density at radius 3 is 2.47 bits per heavy atom. The fourth-order valence-corrected chi connectivity index (χ4v) is 3.72. The Balaban J connectivity index is 1.81. The highest BCUT2D eigenvalue weighted by Gasteiger charge is 2.23. The standard InChI is InChI=1S/C28H33ClN4O3/c1-28(2,3)24-19-25(33(31-24)23-14-9-8-13-22(23)29)30-26(34)20-32(17-10-18-36-4)27(35)16-15-21-11-6-5-7-12-21/h5-9,11-16,19H,10,17-18,20H2,1-4H3,(H,30,34)/b16-15+. The van der Waals surface area contributed by atoms with Gasteiger partial charge in [0.1, 0.15) is 12.4 Å². The topological polar surface area (TPSA) is 76.5 Å². The summed E-state index contributed by atoms with van der Waals surface area (Å²) in [7, 11) is 1.61. The van der Waals surface area contributed by atoms with Gasteiger partial charge in [-0.25, -0.2) is 4.68 Å². The van der Waals surface area contributed by atoms with Crippen LogP contribution >= 0.6 is 11.6 Å². The van der Waals surface area contributed by atoms with Crippen molar-refractivity contribution in [2.24, 2.45) is 0 Å². The van der Waals surface area contributed by atoms with Gasteiger partial charge in [-0.1, -0.05) is 74.8 Å². The Labute approximate surface area is 217 Å². The van der Waals surface area contributed by atoms with Gasteiger partial charge in [0.25, 0.3) is 0 Å². The first kappa shape index (κ1) is 27.2. The molecule has 3 aromatic rings. The SMILES string of the molecule is COCCCN(CC(=O)Nc1cc(C(C)(C)C)nn1-c1ccccc1Cl)C(=O)/C=C/c1ccccc1. The lowest BCUT2D eigenvalue weighted by Gasteiger charge is -2.21. The van der Waals surface area contributed by atoms with E-state index >= 15 is 0 Å². The second-order valence-corrected chi connectivity index (χ2v) is 9.83. The van der Waals surface area contributed by atoms with Crippen molar-refractivity contribution in [1.82, 2.24) is 14.7 Å². The average Bonchev–Trinajstić information content (AvgIpc) is 3.27. The van der Waals surface area contributed by atoms with Crippen LogP contribution in [0.3, 0.4) is 0 Å². The number of hydrogen-bond donors (Lipinski definition) is 1. The van der Waals surface area contributed by atoms with Crippen molar-refractivity contribution in [3.63, 3.8) is 0 Å². The summed E-state index contributed by atoms with van der Waals surface area (Å²) in [6.07, 6.45) is 3.84. The molecular weight excluding hydrogens is 476 g/mol. The molecule has 0 saturated heterocycles. The number of halogens is 1. The third kappa shape index (κ3) is 7.54. The van der Waals surface area contributed by atoms with Crippen molar-refractivity contribution < 1.29 is 14.3 Å². The minimum atomic E-state index is -0.331. The maximum Gasteiger partial charge on any atom is 0.247 e. The normalized spacial score (nSPS) is 11.6. The molecule has 1 N–H and O–H groups in total. The number of methoxy groups -OCH3 is 1. The highest BCUT2D eigenvalue weighted by Crippen LogP contribution is 2.29. The quantitative estimate of drug-likeness (QED) is 0.296. The Kier molecular flexibility index (Phi) is 9.44. The fraction of sp³-hybridized carbons (Fsp3) is 0.321. The number of rotatable bonds is 10. The summed E-state index contributed by atoms with van der Waals surface area (Å²) in [6, 6.07) is 18.7. The van der Waals surface area contributed by atoms with Gasteiger partial charge < -0.3 is 15.0 Å². The van der Waals surface area contributed by atoms with Crippen LogP contribution in [0.2, 0.25) is 5.02 Å². The molecule has 0 atom stereocenters. The van der Waals surface area contributed by atoms with E-state index in [1.165, 1.54) is 11.0 Å². The molecule has 190 valence electrons. The van der Waals surface area contributed by atoms with E-state index in [9.17, 15) is 9.59 Å². The first-order chi connectivity index (χ1) is 17.2. The number of carbonyl (C=O) groups excluding carboxylic acids is 2. The molecule has 0 radical (unpaired) electrons. The average molecular weight is 509 g/mol. The molecule has 0 fully saturated rings. The van der Waals surface area contributed by atoms with Gasteiger partial charge in [0.2, 0.25) is 11.8 Å². The van der Waals surface area contributed by atoms with Gasteiger partial charge in [0, 0.05) is 37.8 Å². The van der Waals surface area contributed by atoms with Crippen molar-refractivity contribution >= 4 is 35.3 Å². The number of amides is 2. The predicted octanol–water partition coefficient (Wildman–Crippen LogP) is 5.34. The minimum absolute atomic E-state index is 0.111. The number of nitrogens with one attached hydrogen (secondary N) is 1. The van der Waals surface area contributed by atoms with Crippen LogP contribution in [0.1, 0.15) is 38.4 Å². The summed E-state index contributed by atoms with van der Waals surface area (Å²) in [6.45, 7) is 6.91. The van der Waals surface area contributed by atoms with E-state index in [4.69, 9.17) is 21.4 Å². The van der Waals surface area contributed by atoms with Crippen LogP contribution in [0.15, 0.2) is 66.7 Å². The zero-order valence-corrected chi connectivity index (χ0v) is 22.0. The van der Waals surface area contributed by atoms with Crippen LogP contribution in [0.5, 0.6) is 0 Å². The van der Waals surface area contributed by atoms with E-state index in [1.807, 2.05) is 75.4 Å². The lowest BCUT2D eigenvalue weighted by atomic mass is 9.92. The number of anilines is 1. The van der Waals surface area contributed by atoms with Crippen LogP contribution in [0.4, 0.5) is 5.82 Å². The Morgan fingerprint density at radius 1 is 1.11 bits per heavy atom. The molecule has 1 aromatic heterocycles. The van der Waals surface area contributed by atoms with Crippen molar-refractivity contribution in [3.8, 4) is 5.69 Å². The zero-order valence-electron chi connectivity index (χ0n) is 21.2. The monoisotopic (exact) mass is 508 g/mol. The largest absolute Gasteiger partial charge is 0.385 e. The van der Waals surface area contributed by atoms with Gasteiger partial charge in [0.15, 0.2) is 0 Å². The van der Waals surface area contributed by atoms with Crippen LogP contribution < -0.4 is 5.32 Å². The highest BCUT2D eigenvalue weighted by molar-refractivity contribution is 6.32. The summed E-state index contributed by atoms with van der Waals surface area (Å²) in [5.41, 5.74) is 2.13. The number of ether oxygens (including phenoxy) is 1. The van der Waals surface area contributed by atoms with E-state index < -0.39 is 0 Å². The third-order valence-electron chi connectivity index (χ3n) is 5.47. The summed E-state index contributed by atoms with van der Waals surface area (Å²) >= 11 is 6.43. The van der Waals surface area contributed by atoms with Gasteiger partial charge in [-0.2, -0.15) is 5.10 Å². The molecule has 0 spiro atoms. The summed E-state index contributed by atoms with van der Waals surface area (Å²) in [5.74, 6) is -0.0928. The Morgan fingerprint density at radius 2 is 1.81 bits per heavy atom. The summed E-state index contributed by atoms with van der Waals surface area (Å²) in [5, 5.41) is 8.16. The molecule has 2 amide bonds. The number of para-hydroxylation sites is 1. The van der Waals surface area contributed by atoms with E-state index in [-0.39, 0.29) is 23.8 Å². The van der Waals surface area contributed by atoms with Gasteiger partial charge in [-0.3, -0.25) is 9.59 Å². The second kappa shape index (κ2) is 12.5. The number of benzene rings is 2. The molecule has 7 nitrogen and oxygen atoms in total. The van der Waals surface area contributed by atoms with E-state index in [0.717, 1.165) is 11.3 Å². The molecule has 0 bridgehead atoms. The number of carbonyl (C=O) groups is 2. The lowest BCUT2D eigenvalue weighted by Crippen LogP contribution is -2.38. The van der Waals surface area contributed by atoms with Crippen molar-refractivity contribution in [2.45, 2.75) is 32.6 Å².